The molecule has 0 aliphatic carbocycles. The Labute approximate surface area is 78.9 Å². The quantitative estimate of drug-likeness (QED) is 0.811. The van der Waals surface area contributed by atoms with Gasteiger partial charge in [0.25, 0.3) is 0 Å². The van der Waals surface area contributed by atoms with Gasteiger partial charge in [-0.1, -0.05) is 6.07 Å². The Balaban J connectivity index is 3.22. The highest BCUT2D eigenvalue weighted by molar-refractivity contribution is 5.74. The summed E-state index contributed by atoms with van der Waals surface area (Å²) >= 11 is 0. The van der Waals surface area contributed by atoms with Gasteiger partial charge in [0, 0.05) is 7.11 Å². The van der Waals surface area contributed by atoms with Gasteiger partial charge >= 0.3 is 5.97 Å². The molecule has 1 N–H and O–H groups in total. The van der Waals surface area contributed by atoms with E-state index >= 15 is 0 Å². The van der Waals surface area contributed by atoms with Crippen LogP contribution in [0, 0.1) is 11.6 Å². The highest BCUT2D eigenvalue weighted by Crippen LogP contribution is 2.23. The maximum atomic E-state index is 13.1. The first kappa shape index (κ1) is 10.6. The van der Waals surface area contributed by atoms with E-state index in [4.69, 9.17) is 5.11 Å². The lowest BCUT2D eigenvalue weighted by Crippen LogP contribution is -2.16. The second kappa shape index (κ2) is 4.15. The van der Waals surface area contributed by atoms with Crippen LogP contribution in [0.15, 0.2) is 18.2 Å². The third-order valence-corrected chi connectivity index (χ3v) is 1.72. The average Bonchev–Trinajstić information content (AvgIpc) is 2.10. The zero-order valence-corrected chi connectivity index (χ0v) is 7.33. The molecule has 0 saturated carbocycles. The van der Waals surface area contributed by atoms with Crippen molar-refractivity contribution in [2.24, 2.45) is 0 Å². The number of benzene rings is 1. The fourth-order valence-corrected chi connectivity index (χ4v) is 1.10. The number of ether oxygens (including phenoxy) is 1. The number of carbonyl (C=O) groups is 1. The van der Waals surface area contributed by atoms with Crippen LogP contribution in [0.4, 0.5) is 8.78 Å². The average molecular weight is 202 g/mol. The van der Waals surface area contributed by atoms with E-state index in [-0.39, 0.29) is 0 Å². The van der Waals surface area contributed by atoms with Crippen LogP contribution in [0.1, 0.15) is 11.7 Å². The Morgan fingerprint density at radius 1 is 1.43 bits per heavy atom. The molecule has 0 bridgehead atoms. The Morgan fingerprint density at radius 3 is 2.29 bits per heavy atom. The van der Waals surface area contributed by atoms with E-state index in [1.165, 1.54) is 0 Å². The van der Waals surface area contributed by atoms with Gasteiger partial charge in [0.2, 0.25) is 0 Å². The minimum Gasteiger partial charge on any atom is -0.479 e. The van der Waals surface area contributed by atoms with Crippen molar-refractivity contribution in [1.82, 2.24) is 0 Å². The molecule has 76 valence electrons. The molecule has 1 aromatic rings. The molecular formula is C9H8F2O3. The van der Waals surface area contributed by atoms with Crippen molar-refractivity contribution in [3.05, 3.63) is 35.4 Å². The number of carboxylic acids is 1. The van der Waals surface area contributed by atoms with Gasteiger partial charge in [0.1, 0.15) is 11.6 Å². The topological polar surface area (TPSA) is 46.5 Å². The fourth-order valence-electron chi connectivity index (χ4n) is 1.10. The van der Waals surface area contributed by atoms with Crippen molar-refractivity contribution in [2.75, 3.05) is 7.11 Å². The molecule has 0 aliphatic heterocycles. The van der Waals surface area contributed by atoms with Gasteiger partial charge in [0.05, 0.1) is 5.56 Å². The SMILES string of the molecule is COC(C(=O)O)c1c(F)cccc1F. The second-order valence-corrected chi connectivity index (χ2v) is 2.59. The van der Waals surface area contributed by atoms with Gasteiger partial charge in [-0.25, -0.2) is 13.6 Å². The molecule has 5 heteroatoms. The number of hydrogen-bond donors (Lipinski definition) is 1. The van der Waals surface area contributed by atoms with Crippen LogP contribution in [0.2, 0.25) is 0 Å². The van der Waals surface area contributed by atoms with Crippen LogP contribution < -0.4 is 0 Å². The second-order valence-electron chi connectivity index (χ2n) is 2.59. The van der Waals surface area contributed by atoms with Gasteiger partial charge in [0.15, 0.2) is 6.10 Å². The van der Waals surface area contributed by atoms with Crippen molar-refractivity contribution in [3.63, 3.8) is 0 Å². The molecular weight excluding hydrogens is 194 g/mol. The van der Waals surface area contributed by atoms with Crippen molar-refractivity contribution in [2.45, 2.75) is 6.10 Å². The minimum atomic E-state index is -1.61. The summed E-state index contributed by atoms with van der Waals surface area (Å²) in [6.45, 7) is 0. The predicted octanol–water partition coefficient (Wildman–Crippen LogP) is 1.74. The molecule has 0 heterocycles. The van der Waals surface area contributed by atoms with E-state index < -0.39 is 29.3 Å². The van der Waals surface area contributed by atoms with E-state index in [9.17, 15) is 13.6 Å². The molecule has 1 rings (SSSR count). The lowest BCUT2D eigenvalue weighted by atomic mass is 10.1. The maximum Gasteiger partial charge on any atom is 0.337 e. The monoisotopic (exact) mass is 202 g/mol. The molecule has 0 spiro atoms. The molecule has 0 aliphatic rings. The summed E-state index contributed by atoms with van der Waals surface area (Å²) in [5.41, 5.74) is -0.581. The van der Waals surface area contributed by atoms with Crippen LogP contribution >= 0.6 is 0 Å². The molecule has 0 aromatic heterocycles. The van der Waals surface area contributed by atoms with Crippen molar-refractivity contribution in [3.8, 4) is 0 Å². The Morgan fingerprint density at radius 2 is 1.93 bits per heavy atom. The summed E-state index contributed by atoms with van der Waals surface area (Å²) in [5.74, 6) is -3.30. The van der Waals surface area contributed by atoms with Crippen LogP contribution in [0.25, 0.3) is 0 Å². The Bertz CT molecular complexity index is 332. The normalized spacial score (nSPS) is 12.5. The zero-order valence-electron chi connectivity index (χ0n) is 7.33. The van der Waals surface area contributed by atoms with E-state index in [1.807, 2.05) is 0 Å². The number of hydrogen-bond acceptors (Lipinski definition) is 2. The predicted molar refractivity (Wildman–Crippen MR) is 43.7 cm³/mol. The van der Waals surface area contributed by atoms with E-state index in [2.05, 4.69) is 4.74 Å². The molecule has 1 atom stereocenters. The molecule has 1 unspecified atom stereocenters. The molecule has 0 radical (unpaired) electrons. The zero-order chi connectivity index (χ0) is 10.7. The van der Waals surface area contributed by atoms with Gasteiger partial charge in [-0.05, 0) is 12.1 Å². The summed E-state index contributed by atoms with van der Waals surface area (Å²) in [6, 6.07) is 3.11. The summed E-state index contributed by atoms with van der Waals surface area (Å²) in [4.78, 5) is 10.6. The highest BCUT2D eigenvalue weighted by Gasteiger charge is 2.25. The first-order chi connectivity index (χ1) is 6.57. The van der Waals surface area contributed by atoms with Crippen molar-refractivity contribution in [1.29, 1.82) is 0 Å². The number of aliphatic carboxylic acids is 1. The largest absolute Gasteiger partial charge is 0.479 e. The number of methoxy groups -OCH3 is 1. The lowest BCUT2D eigenvalue weighted by Gasteiger charge is -2.12. The van der Waals surface area contributed by atoms with Crippen LogP contribution in [-0.2, 0) is 9.53 Å². The first-order valence-electron chi connectivity index (χ1n) is 3.77. The third kappa shape index (κ3) is 1.88. The van der Waals surface area contributed by atoms with Crippen LogP contribution in [0.3, 0.4) is 0 Å². The summed E-state index contributed by atoms with van der Waals surface area (Å²) in [6.07, 6.45) is -1.61. The molecule has 3 nitrogen and oxygen atoms in total. The summed E-state index contributed by atoms with van der Waals surface area (Å²) in [7, 11) is 1.07. The molecule has 0 saturated heterocycles. The molecule has 1 aromatic carbocycles. The van der Waals surface area contributed by atoms with Crippen LogP contribution in [0.5, 0.6) is 0 Å². The number of carboxylic acid groups (broad SMARTS) is 1. The third-order valence-electron chi connectivity index (χ3n) is 1.72. The molecule has 0 amide bonds. The van der Waals surface area contributed by atoms with E-state index in [1.54, 1.807) is 0 Å². The van der Waals surface area contributed by atoms with Gasteiger partial charge in [-0.3, -0.25) is 0 Å². The first-order valence-corrected chi connectivity index (χ1v) is 3.77. The van der Waals surface area contributed by atoms with Crippen molar-refractivity contribution >= 4 is 5.97 Å². The number of halogens is 2. The fraction of sp³-hybridized carbons (Fsp3) is 0.222. The minimum absolute atomic E-state index is 0.581. The van der Waals surface area contributed by atoms with E-state index in [0.717, 1.165) is 25.3 Å². The molecule has 14 heavy (non-hydrogen) atoms. The smallest absolute Gasteiger partial charge is 0.337 e. The van der Waals surface area contributed by atoms with Gasteiger partial charge < -0.3 is 9.84 Å². The summed E-state index contributed by atoms with van der Waals surface area (Å²) < 4.78 is 30.6. The van der Waals surface area contributed by atoms with Gasteiger partial charge in [-0.15, -0.1) is 0 Å². The lowest BCUT2D eigenvalue weighted by molar-refractivity contribution is -0.149. The van der Waals surface area contributed by atoms with Crippen LogP contribution in [-0.4, -0.2) is 18.2 Å². The maximum absolute atomic E-state index is 13.1. The van der Waals surface area contributed by atoms with Gasteiger partial charge in [-0.2, -0.15) is 0 Å². The number of rotatable bonds is 3. The van der Waals surface area contributed by atoms with Crippen molar-refractivity contribution < 1.29 is 23.4 Å². The summed E-state index contributed by atoms with van der Waals surface area (Å²) in [5, 5.41) is 8.62. The highest BCUT2D eigenvalue weighted by atomic mass is 19.1. The Hall–Kier alpha value is -1.49. The Kier molecular flexibility index (Phi) is 3.14. The van der Waals surface area contributed by atoms with E-state index in [0.29, 0.717) is 0 Å². The molecule has 0 fully saturated rings. The standard InChI is InChI=1S/C9H8F2O3/c1-14-8(9(12)13)7-5(10)3-2-4-6(7)11/h2-4,8H,1H3,(H,12,13).